The summed E-state index contributed by atoms with van der Waals surface area (Å²) in [7, 11) is 0. The number of para-hydroxylation sites is 1. The Bertz CT molecular complexity index is 589. The largest absolute Gasteiger partial charge is 0.482 e. The number of hydrogen-bond donors (Lipinski definition) is 1. The average Bonchev–Trinajstić information content (AvgIpc) is 2.85. The summed E-state index contributed by atoms with van der Waals surface area (Å²) < 4.78 is 5.34. The van der Waals surface area contributed by atoms with Crippen molar-refractivity contribution in [2.24, 2.45) is 0 Å². The van der Waals surface area contributed by atoms with Crippen LogP contribution in [0.1, 0.15) is 18.4 Å². The first-order chi connectivity index (χ1) is 9.69. The average molecular weight is 312 g/mol. The Morgan fingerprint density at radius 3 is 2.95 bits per heavy atom. The molecule has 1 N–H and O–H groups in total. The number of anilines is 1. The van der Waals surface area contributed by atoms with Crippen LogP contribution in [0.3, 0.4) is 0 Å². The minimum atomic E-state index is -0.288. The van der Waals surface area contributed by atoms with Crippen LogP contribution in [0, 0.1) is 0 Å². The Morgan fingerprint density at radius 1 is 1.40 bits per heavy atom. The summed E-state index contributed by atoms with van der Waals surface area (Å²) in [6.07, 6.45) is 1.86. The van der Waals surface area contributed by atoms with E-state index in [1.807, 2.05) is 0 Å². The van der Waals surface area contributed by atoms with Gasteiger partial charge in [-0.15, -0.1) is 10.2 Å². The number of carbonyl (C=O) groups is 1. The molecular weight excluding hydrogens is 298 g/mol. The molecule has 0 spiro atoms. The molecule has 0 aliphatic rings. The Labute approximate surface area is 125 Å². The first-order valence-corrected chi connectivity index (χ1v) is 7.38. The number of carbonyl (C=O) groups excluding carboxylic acids is 1. The maximum Gasteiger partial charge on any atom is 0.264 e. The summed E-state index contributed by atoms with van der Waals surface area (Å²) in [4.78, 5) is 11.7. The minimum Gasteiger partial charge on any atom is -0.482 e. The third-order valence-corrected chi connectivity index (χ3v) is 3.58. The molecule has 1 aromatic heterocycles. The van der Waals surface area contributed by atoms with Gasteiger partial charge in [-0.25, -0.2) is 0 Å². The molecule has 0 aliphatic carbocycles. The van der Waals surface area contributed by atoms with Crippen LogP contribution in [0.25, 0.3) is 0 Å². The Hall–Kier alpha value is -1.66. The van der Waals surface area contributed by atoms with E-state index in [4.69, 9.17) is 16.3 Å². The smallest absolute Gasteiger partial charge is 0.264 e. The van der Waals surface area contributed by atoms with Gasteiger partial charge in [0.05, 0.1) is 5.02 Å². The van der Waals surface area contributed by atoms with E-state index in [2.05, 4.69) is 22.4 Å². The lowest BCUT2D eigenvalue weighted by Crippen LogP contribution is -2.20. The van der Waals surface area contributed by atoms with Gasteiger partial charge in [-0.05, 0) is 18.6 Å². The lowest BCUT2D eigenvalue weighted by molar-refractivity contribution is -0.118. The zero-order valence-corrected chi connectivity index (χ0v) is 12.5. The van der Waals surface area contributed by atoms with E-state index in [0.717, 1.165) is 17.8 Å². The highest BCUT2D eigenvalue weighted by atomic mass is 35.5. The summed E-state index contributed by atoms with van der Waals surface area (Å²) in [5, 5.41) is 12.4. The number of ether oxygens (including phenoxy) is 1. The Balaban J connectivity index is 1.84. The monoisotopic (exact) mass is 311 g/mol. The second kappa shape index (κ2) is 7.21. The molecule has 106 valence electrons. The summed E-state index contributed by atoms with van der Waals surface area (Å²) in [5.41, 5.74) is 0. The number of halogens is 1. The number of nitrogens with one attached hydrogen (secondary N) is 1. The molecule has 0 saturated heterocycles. The number of amides is 1. The highest BCUT2D eigenvalue weighted by molar-refractivity contribution is 7.15. The fourth-order valence-electron chi connectivity index (χ4n) is 1.48. The van der Waals surface area contributed by atoms with Crippen molar-refractivity contribution >= 4 is 34.0 Å². The second-order valence-electron chi connectivity index (χ2n) is 4.02. The molecule has 0 unspecified atom stereocenters. The van der Waals surface area contributed by atoms with Gasteiger partial charge in [0, 0.05) is 6.42 Å². The Morgan fingerprint density at radius 2 is 2.20 bits per heavy atom. The van der Waals surface area contributed by atoms with Crippen molar-refractivity contribution < 1.29 is 9.53 Å². The van der Waals surface area contributed by atoms with E-state index in [-0.39, 0.29) is 12.5 Å². The fraction of sp³-hybridized carbons (Fsp3) is 0.308. The normalized spacial score (nSPS) is 10.3. The van der Waals surface area contributed by atoms with Gasteiger partial charge in [-0.1, -0.05) is 42.0 Å². The lowest BCUT2D eigenvalue weighted by atomic mass is 10.3. The maximum absolute atomic E-state index is 11.7. The predicted molar refractivity (Wildman–Crippen MR) is 79.5 cm³/mol. The van der Waals surface area contributed by atoms with Crippen molar-refractivity contribution in [3.63, 3.8) is 0 Å². The zero-order chi connectivity index (χ0) is 14.4. The van der Waals surface area contributed by atoms with Gasteiger partial charge in [-0.2, -0.15) is 0 Å². The molecule has 7 heteroatoms. The standard InChI is InChI=1S/C13H14ClN3O2S/c1-2-5-12-16-17-13(20-12)15-11(18)8-19-10-7-4-3-6-9(10)14/h3-4,6-7H,2,5,8H2,1H3,(H,15,17,18). The SMILES string of the molecule is CCCc1nnc(NC(=O)COc2ccccc2Cl)s1. The molecule has 1 amide bonds. The molecule has 0 saturated carbocycles. The number of nitrogens with zero attached hydrogens (tertiary/aromatic N) is 2. The number of aryl methyl sites for hydroxylation is 1. The minimum absolute atomic E-state index is 0.119. The van der Waals surface area contributed by atoms with Gasteiger partial charge in [0.2, 0.25) is 5.13 Å². The maximum atomic E-state index is 11.7. The molecule has 2 rings (SSSR count). The quantitative estimate of drug-likeness (QED) is 0.890. The molecular formula is C13H14ClN3O2S. The van der Waals surface area contributed by atoms with Crippen LogP contribution in [0.15, 0.2) is 24.3 Å². The van der Waals surface area contributed by atoms with Gasteiger partial charge in [0.25, 0.3) is 5.91 Å². The molecule has 0 bridgehead atoms. The van der Waals surface area contributed by atoms with Crippen molar-refractivity contribution in [3.05, 3.63) is 34.3 Å². The van der Waals surface area contributed by atoms with E-state index < -0.39 is 0 Å². The van der Waals surface area contributed by atoms with E-state index in [0.29, 0.717) is 15.9 Å². The van der Waals surface area contributed by atoms with Crippen LogP contribution < -0.4 is 10.1 Å². The van der Waals surface area contributed by atoms with Crippen LogP contribution >= 0.6 is 22.9 Å². The van der Waals surface area contributed by atoms with Crippen molar-refractivity contribution in [3.8, 4) is 5.75 Å². The van der Waals surface area contributed by atoms with E-state index in [1.165, 1.54) is 11.3 Å². The van der Waals surface area contributed by atoms with Gasteiger partial charge < -0.3 is 4.74 Å². The summed E-state index contributed by atoms with van der Waals surface area (Å²) in [6, 6.07) is 7.00. The van der Waals surface area contributed by atoms with Crippen molar-refractivity contribution in [1.29, 1.82) is 0 Å². The molecule has 1 heterocycles. The van der Waals surface area contributed by atoms with Crippen LogP contribution in [0.4, 0.5) is 5.13 Å². The van der Waals surface area contributed by atoms with Crippen LogP contribution in [0.2, 0.25) is 5.02 Å². The van der Waals surface area contributed by atoms with Gasteiger partial charge >= 0.3 is 0 Å². The highest BCUT2D eigenvalue weighted by Crippen LogP contribution is 2.23. The lowest BCUT2D eigenvalue weighted by Gasteiger charge is -2.06. The van der Waals surface area contributed by atoms with Gasteiger partial charge in [0.1, 0.15) is 10.8 Å². The van der Waals surface area contributed by atoms with Crippen LogP contribution in [-0.2, 0) is 11.2 Å². The summed E-state index contributed by atoms with van der Waals surface area (Å²) >= 11 is 7.30. The van der Waals surface area contributed by atoms with Crippen LogP contribution in [-0.4, -0.2) is 22.7 Å². The first-order valence-electron chi connectivity index (χ1n) is 6.18. The molecule has 5 nitrogen and oxygen atoms in total. The molecule has 0 aliphatic heterocycles. The molecule has 2 aromatic rings. The highest BCUT2D eigenvalue weighted by Gasteiger charge is 2.09. The number of benzene rings is 1. The van der Waals surface area contributed by atoms with Gasteiger partial charge in [0.15, 0.2) is 6.61 Å². The first kappa shape index (κ1) is 14.7. The zero-order valence-electron chi connectivity index (χ0n) is 10.9. The molecule has 1 aromatic carbocycles. The third-order valence-electron chi connectivity index (χ3n) is 2.37. The number of hydrogen-bond acceptors (Lipinski definition) is 5. The van der Waals surface area contributed by atoms with Crippen molar-refractivity contribution in [2.45, 2.75) is 19.8 Å². The summed E-state index contributed by atoms with van der Waals surface area (Å²) in [5.74, 6) is 0.192. The number of aromatic nitrogens is 2. The van der Waals surface area contributed by atoms with Crippen LogP contribution in [0.5, 0.6) is 5.75 Å². The van der Waals surface area contributed by atoms with E-state index in [1.54, 1.807) is 24.3 Å². The Kier molecular flexibility index (Phi) is 5.31. The molecule has 0 atom stereocenters. The second-order valence-corrected chi connectivity index (χ2v) is 5.49. The molecule has 0 fully saturated rings. The van der Waals surface area contributed by atoms with E-state index >= 15 is 0 Å². The topological polar surface area (TPSA) is 64.1 Å². The number of rotatable bonds is 6. The van der Waals surface area contributed by atoms with Crippen molar-refractivity contribution in [2.75, 3.05) is 11.9 Å². The molecule has 0 radical (unpaired) electrons. The summed E-state index contributed by atoms with van der Waals surface area (Å²) in [6.45, 7) is 1.95. The third kappa shape index (κ3) is 4.18. The van der Waals surface area contributed by atoms with Crippen molar-refractivity contribution in [1.82, 2.24) is 10.2 Å². The van der Waals surface area contributed by atoms with Gasteiger partial charge in [-0.3, -0.25) is 10.1 Å². The molecule has 20 heavy (non-hydrogen) atoms. The predicted octanol–water partition coefficient (Wildman–Crippen LogP) is 3.16. The van der Waals surface area contributed by atoms with E-state index in [9.17, 15) is 4.79 Å². The fourth-order valence-corrected chi connectivity index (χ4v) is 2.53.